The standard InChI is InChI=1S/C21H31NO7/c1-20(2,3)28-18(25)22(19(26)29-21(4,5)6)13-7-8-14-27-16-11-9-15(10-12-16)17(23)24/h9-12H,7-8,13-14H2,1-6H3,(H,23,24). The van der Waals surface area contributed by atoms with E-state index in [2.05, 4.69) is 0 Å². The lowest BCUT2D eigenvalue weighted by atomic mass is 10.2. The van der Waals surface area contributed by atoms with Crippen LogP contribution in [0.15, 0.2) is 24.3 Å². The number of ether oxygens (including phenoxy) is 3. The van der Waals surface area contributed by atoms with Crippen molar-refractivity contribution in [3.05, 3.63) is 29.8 Å². The minimum Gasteiger partial charge on any atom is -0.494 e. The highest BCUT2D eigenvalue weighted by Crippen LogP contribution is 2.16. The molecule has 1 aromatic rings. The summed E-state index contributed by atoms with van der Waals surface area (Å²) in [5, 5.41) is 8.88. The van der Waals surface area contributed by atoms with Crippen molar-refractivity contribution in [3.63, 3.8) is 0 Å². The van der Waals surface area contributed by atoms with Crippen LogP contribution in [-0.2, 0) is 9.47 Å². The van der Waals surface area contributed by atoms with Crippen molar-refractivity contribution in [2.24, 2.45) is 0 Å². The van der Waals surface area contributed by atoms with Gasteiger partial charge in [0.05, 0.1) is 12.2 Å². The zero-order chi connectivity index (χ0) is 22.2. The molecule has 8 nitrogen and oxygen atoms in total. The van der Waals surface area contributed by atoms with E-state index in [0.29, 0.717) is 25.2 Å². The topological polar surface area (TPSA) is 102 Å². The van der Waals surface area contributed by atoms with Crippen molar-refractivity contribution in [2.75, 3.05) is 13.2 Å². The van der Waals surface area contributed by atoms with Gasteiger partial charge in [0.15, 0.2) is 0 Å². The van der Waals surface area contributed by atoms with E-state index in [1.54, 1.807) is 53.7 Å². The number of hydrogen-bond acceptors (Lipinski definition) is 6. The van der Waals surface area contributed by atoms with Crippen LogP contribution in [0.4, 0.5) is 9.59 Å². The van der Waals surface area contributed by atoms with Crippen LogP contribution in [0.25, 0.3) is 0 Å². The average molecular weight is 409 g/mol. The molecule has 29 heavy (non-hydrogen) atoms. The highest BCUT2D eigenvalue weighted by molar-refractivity contribution is 5.88. The third-order valence-corrected chi connectivity index (χ3v) is 3.37. The van der Waals surface area contributed by atoms with Gasteiger partial charge in [-0.05, 0) is 78.6 Å². The fourth-order valence-corrected chi connectivity index (χ4v) is 2.15. The number of nitrogens with zero attached hydrogens (tertiary/aromatic N) is 1. The first kappa shape index (κ1) is 24.3. The van der Waals surface area contributed by atoms with Crippen LogP contribution in [0.3, 0.4) is 0 Å². The normalized spacial score (nSPS) is 11.5. The van der Waals surface area contributed by atoms with Crippen molar-refractivity contribution in [1.29, 1.82) is 0 Å². The summed E-state index contributed by atoms with van der Waals surface area (Å²) in [5.74, 6) is -0.452. The van der Waals surface area contributed by atoms with Crippen LogP contribution in [0.5, 0.6) is 5.75 Å². The number of hydrogen-bond donors (Lipinski definition) is 1. The summed E-state index contributed by atoms with van der Waals surface area (Å²) >= 11 is 0. The molecule has 0 aliphatic rings. The molecule has 8 heteroatoms. The second-order valence-electron chi connectivity index (χ2n) is 8.50. The van der Waals surface area contributed by atoms with Gasteiger partial charge in [-0.3, -0.25) is 0 Å². The van der Waals surface area contributed by atoms with Crippen molar-refractivity contribution in [1.82, 2.24) is 4.90 Å². The van der Waals surface area contributed by atoms with E-state index in [1.807, 2.05) is 0 Å². The molecule has 1 N–H and O–H groups in total. The van der Waals surface area contributed by atoms with Crippen molar-refractivity contribution in [3.8, 4) is 5.75 Å². The molecule has 1 rings (SSSR count). The number of carboxylic acid groups (broad SMARTS) is 1. The Morgan fingerprint density at radius 2 is 1.34 bits per heavy atom. The molecule has 1 aromatic carbocycles. The van der Waals surface area contributed by atoms with Gasteiger partial charge in [-0.2, -0.15) is 0 Å². The fourth-order valence-electron chi connectivity index (χ4n) is 2.15. The third kappa shape index (κ3) is 9.82. The molecule has 0 saturated heterocycles. The first-order chi connectivity index (χ1) is 13.3. The molecular weight excluding hydrogens is 378 g/mol. The van der Waals surface area contributed by atoms with Crippen molar-refractivity contribution in [2.45, 2.75) is 65.6 Å². The number of carbonyl (C=O) groups excluding carboxylic acids is 2. The molecule has 0 aromatic heterocycles. The number of aromatic carboxylic acids is 1. The van der Waals surface area contributed by atoms with Gasteiger partial charge in [-0.1, -0.05) is 0 Å². The van der Waals surface area contributed by atoms with Crippen LogP contribution >= 0.6 is 0 Å². The maximum Gasteiger partial charge on any atom is 0.419 e. The van der Waals surface area contributed by atoms with E-state index in [1.165, 1.54) is 12.1 Å². The first-order valence-electron chi connectivity index (χ1n) is 9.48. The number of unbranched alkanes of at least 4 members (excludes halogenated alkanes) is 1. The lowest BCUT2D eigenvalue weighted by Crippen LogP contribution is -2.44. The van der Waals surface area contributed by atoms with Crippen LogP contribution in [0.1, 0.15) is 64.7 Å². The van der Waals surface area contributed by atoms with Crippen molar-refractivity contribution >= 4 is 18.2 Å². The summed E-state index contributed by atoms with van der Waals surface area (Å²) in [4.78, 5) is 36.6. The molecule has 0 unspecified atom stereocenters. The van der Waals surface area contributed by atoms with Gasteiger partial charge < -0.3 is 19.3 Å². The van der Waals surface area contributed by atoms with Gasteiger partial charge in [-0.15, -0.1) is 0 Å². The van der Waals surface area contributed by atoms with Crippen LogP contribution in [0.2, 0.25) is 0 Å². The van der Waals surface area contributed by atoms with E-state index in [4.69, 9.17) is 19.3 Å². The Hall–Kier alpha value is -2.77. The molecule has 0 spiro atoms. The zero-order valence-electron chi connectivity index (χ0n) is 18.0. The molecule has 0 bridgehead atoms. The van der Waals surface area contributed by atoms with Gasteiger partial charge in [-0.25, -0.2) is 19.3 Å². The fraction of sp³-hybridized carbons (Fsp3) is 0.571. The quantitative estimate of drug-likeness (QED) is 0.650. The zero-order valence-corrected chi connectivity index (χ0v) is 18.0. The second-order valence-corrected chi connectivity index (χ2v) is 8.50. The summed E-state index contributed by atoms with van der Waals surface area (Å²) in [6.45, 7) is 10.8. The second kappa shape index (κ2) is 10.1. The maximum atomic E-state index is 12.4. The van der Waals surface area contributed by atoms with Gasteiger partial charge in [0.1, 0.15) is 17.0 Å². The Kier molecular flexibility index (Phi) is 8.48. The Balaban J connectivity index is 2.57. The van der Waals surface area contributed by atoms with E-state index >= 15 is 0 Å². The van der Waals surface area contributed by atoms with E-state index in [-0.39, 0.29) is 12.1 Å². The maximum absolute atomic E-state index is 12.4. The van der Waals surface area contributed by atoms with E-state index < -0.39 is 29.4 Å². The highest BCUT2D eigenvalue weighted by Gasteiger charge is 2.30. The minimum atomic E-state index is -0.999. The van der Waals surface area contributed by atoms with Crippen LogP contribution in [-0.4, -0.2) is 52.5 Å². The smallest absolute Gasteiger partial charge is 0.419 e. The van der Waals surface area contributed by atoms with Gasteiger partial charge >= 0.3 is 18.2 Å². The SMILES string of the molecule is CC(C)(C)OC(=O)N(CCCCOc1ccc(C(=O)O)cc1)C(=O)OC(C)(C)C. The highest BCUT2D eigenvalue weighted by atomic mass is 16.6. The summed E-state index contributed by atoms with van der Waals surface area (Å²) in [6, 6.07) is 6.09. The molecule has 0 fully saturated rings. The molecule has 0 saturated carbocycles. The van der Waals surface area contributed by atoms with Gasteiger partial charge in [0.25, 0.3) is 0 Å². The summed E-state index contributed by atoms with van der Waals surface area (Å²) in [5.41, 5.74) is -1.28. The summed E-state index contributed by atoms with van der Waals surface area (Å²) in [6.07, 6.45) is -0.442. The summed E-state index contributed by atoms with van der Waals surface area (Å²) < 4.78 is 16.2. The van der Waals surface area contributed by atoms with E-state index in [0.717, 1.165) is 4.90 Å². The molecule has 0 aliphatic heterocycles. The molecule has 0 radical (unpaired) electrons. The van der Waals surface area contributed by atoms with Crippen molar-refractivity contribution < 1.29 is 33.7 Å². The number of benzene rings is 1. The average Bonchev–Trinajstić information content (AvgIpc) is 2.55. The number of carbonyl (C=O) groups is 3. The Morgan fingerprint density at radius 1 is 0.862 bits per heavy atom. The predicted octanol–water partition coefficient (Wildman–Crippen LogP) is 4.72. The molecule has 0 heterocycles. The van der Waals surface area contributed by atoms with Gasteiger partial charge in [0.2, 0.25) is 0 Å². The Bertz CT molecular complexity index is 671. The Labute approximate surface area is 171 Å². The number of carboxylic acids is 1. The predicted molar refractivity (Wildman–Crippen MR) is 107 cm³/mol. The lowest BCUT2D eigenvalue weighted by molar-refractivity contribution is 0.00101. The minimum absolute atomic E-state index is 0.130. The Morgan fingerprint density at radius 3 is 1.76 bits per heavy atom. The molecular formula is C21H31NO7. The van der Waals surface area contributed by atoms with Crippen LogP contribution < -0.4 is 4.74 Å². The van der Waals surface area contributed by atoms with E-state index in [9.17, 15) is 14.4 Å². The largest absolute Gasteiger partial charge is 0.494 e. The van der Waals surface area contributed by atoms with Gasteiger partial charge in [0, 0.05) is 6.54 Å². The molecule has 2 amide bonds. The third-order valence-electron chi connectivity index (χ3n) is 3.37. The number of amides is 2. The number of rotatable bonds is 7. The summed E-state index contributed by atoms with van der Waals surface area (Å²) in [7, 11) is 0. The number of imide groups is 1. The van der Waals surface area contributed by atoms with Crippen LogP contribution in [0, 0.1) is 0 Å². The first-order valence-corrected chi connectivity index (χ1v) is 9.48. The molecule has 0 atom stereocenters. The molecule has 0 aliphatic carbocycles. The monoisotopic (exact) mass is 409 g/mol. The lowest BCUT2D eigenvalue weighted by Gasteiger charge is -2.28. The molecule has 162 valence electrons.